The molecule has 1 aromatic carbocycles. The summed E-state index contributed by atoms with van der Waals surface area (Å²) in [6.45, 7) is 4.77. The molecule has 0 spiro atoms. The summed E-state index contributed by atoms with van der Waals surface area (Å²) in [6, 6.07) is 7.65. The van der Waals surface area contributed by atoms with Crippen LogP contribution in [0.5, 0.6) is 0 Å². The SMILES string of the molecule is CCOC(=O)c1c(C)[nH]c(C)c1C(=O)COC(=O)/C=C/c1nc2ccccc2s1. The molecule has 150 valence electrons. The van der Waals surface area contributed by atoms with Crippen LogP contribution < -0.4 is 0 Å². The van der Waals surface area contributed by atoms with Crippen LogP contribution in [0.3, 0.4) is 0 Å². The van der Waals surface area contributed by atoms with Crippen molar-refractivity contribution in [2.24, 2.45) is 0 Å². The number of ether oxygens (including phenoxy) is 2. The van der Waals surface area contributed by atoms with Gasteiger partial charge < -0.3 is 14.5 Å². The molecule has 2 heterocycles. The molecule has 1 N–H and O–H groups in total. The second-order valence-electron chi connectivity index (χ2n) is 6.23. The lowest BCUT2D eigenvalue weighted by Gasteiger charge is -2.06. The minimum atomic E-state index is -0.666. The molecule has 0 amide bonds. The molecular weight excluding hydrogens is 392 g/mol. The second kappa shape index (κ2) is 8.83. The van der Waals surface area contributed by atoms with Crippen molar-refractivity contribution in [1.82, 2.24) is 9.97 Å². The van der Waals surface area contributed by atoms with Crippen LogP contribution in [0.15, 0.2) is 30.3 Å². The molecule has 3 rings (SSSR count). The third-order valence-corrected chi connectivity index (χ3v) is 5.15. The fraction of sp³-hybridized carbons (Fsp3) is 0.238. The second-order valence-corrected chi connectivity index (χ2v) is 7.29. The number of hydrogen-bond acceptors (Lipinski definition) is 7. The summed E-state index contributed by atoms with van der Waals surface area (Å²) in [4.78, 5) is 44.1. The van der Waals surface area contributed by atoms with E-state index in [1.165, 1.54) is 17.4 Å². The van der Waals surface area contributed by atoms with Crippen LogP contribution in [-0.4, -0.2) is 40.9 Å². The van der Waals surface area contributed by atoms with Gasteiger partial charge in [0.2, 0.25) is 5.78 Å². The monoisotopic (exact) mass is 412 g/mol. The van der Waals surface area contributed by atoms with Crippen LogP contribution in [0.25, 0.3) is 16.3 Å². The number of thiazole rings is 1. The molecule has 0 saturated heterocycles. The fourth-order valence-electron chi connectivity index (χ4n) is 2.95. The van der Waals surface area contributed by atoms with Crippen LogP contribution in [-0.2, 0) is 14.3 Å². The van der Waals surface area contributed by atoms with Crippen molar-refractivity contribution in [3.63, 3.8) is 0 Å². The maximum absolute atomic E-state index is 12.6. The molecule has 3 aromatic rings. The van der Waals surface area contributed by atoms with Gasteiger partial charge in [-0.15, -0.1) is 11.3 Å². The predicted molar refractivity (Wildman–Crippen MR) is 110 cm³/mol. The Hall–Kier alpha value is -3.26. The third-order valence-electron chi connectivity index (χ3n) is 4.15. The van der Waals surface area contributed by atoms with Crippen molar-refractivity contribution in [3.05, 3.63) is 57.9 Å². The van der Waals surface area contributed by atoms with Crippen molar-refractivity contribution < 1.29 is 23.9 Å². The number of benzene rings is 1. The number of nitrogens with zero attached hydrogens (tertiary/aromatic N) is 1. The zero-order valence-electron chi connectivity index (χ0n) is 16.3. The first-order valence-electron chi connectivity index (χ1n) is 9.00. The summed E-state index contributed by atoms with van der Waals surface area (Å²) in [5.74, 6) is -1.73. The van der Waals surface area contributed by atoms with E-state index in [4.69, 9.17) is 9.47 Å². The van der Waals surface area contributed by atoms with Crippen LogP contribution >= 0.6 is 11.3 Å². The molecule has 0 bridgehead atoms. The molecule has 0 atom stereocenters. The van der Waals surface area contributed by atoms with Gasteiger partial charge in [0.15, 0.2) is 6.61 Å². The number of esters is 2. The molecular formula is C21H20N2O5S. The molecule has 2 aromatic heterocycles. The highest BCUT2D eigenvalue weighted by molar-refractivity contribution is 7.19. The van der Waals surface area contributed by atoms with Crippen molar-refractivity contribution >= 4 is 45.4 Å². The number of hydrogen-bond donors (Lipinski definition) is 1. The zero-order valence-corrected chi connectivity index (χ0v) is 17.1. The number of nitrogens with one attached hydrogen (secondary N) is 1. The van der Waals surface area contributed by atoms with Crippen molar-refractivity contribution in [2.45, 2.75) is 20.8 Å². The van der Waals surface area contributed by atoms with Gasteiger partial charge in [0.05, 0.1) is 28.0 Å². The molecule has 0 fully saturated rings. The maximum atomic E-state index is 12.6. The first-order chi connectivity index (χ1) is 13.9. The first kappa shape index (κ1) is 20.5. The van der Waals surface area contributed by atoms with E-state index in [0.29, 0.717) is 16.4 Å². The van der Waals surface area contributed by atoms with Crippen molar-refractivity contribution in [2.75, 3.05) is 13.2 Å². The van der Waals surface area contributed by atoms with Gasteiger partial charge in [-0.1, -0.05) is 12.1 Å². The average Bonchev–Trinajstić information content (AvgIpc) is 3.24. The lowest BCUT2D eigenvalue weighted by atomic mass is 10.1. The van der Waals surface area contributed by atoms with Crippen LogP contribution in [0.2, 0.25) is 0 Å². The Labute approximate surface area is 171 Å². The Morgan fingerprint density at radius 1 is 1.10 bits per heavy atom. The number of para-hydroxylation sites is 1. The Balaban J connectivity index is 1.66. The van der Waals surface area contributed by atoms with Gasteiger partial charge >= 0.3 is 11.9 Å². The normalized spacial score (nSPS) is 11.1. The fourth-order valence-corrected chi connectivity index (χ4v) is 3.82. The number of aromatic amines is 1. The first-order valence-corrected chi connectivity index (χ1v) is 9.82. The highest BCUT2D eigenvalue weighted by Gasteiger charge is 2.25. The third kappa shape index (κ3) is 4.60. The Morgan fingerprint density at radius 3 is 2.55 bits per heavy atom. The van der Waals surface area contributed by atoms with E-state index < -0.39 is 24.3 Å². The highest BCUT2D eigenvalue weighted by atomic mass is 32.1. The molecule has 0 unspecified atom stereocenters. The molecule has 0 saturated carbocycles. The van der Waals surface area contributed by atoms with Gasteiger partial charge in [-0.25, -0.2) is 14.6 Å². The van der Waals surface area contributed by atoms with E-state index in [1.54, 1.807) is 26.8 Å². The van der Waals surface area contributed by atoms with Gasteiger partial charge in [0.25, 0.3) is 0 Å². The largest absolute Gasteiger partial charge is 0.462 e. The minimum absolute atomic E-state index is 0.176. The number of ketones is 1. The van der Waals surface area contributed by atoms with E-state index in [2.05, 4.69) is 9.97 Å². The lowest BCUT2D eigenvalue weighted by Crippen LogP contribution is -2.17. The van der Waals surface area contributed by atoms with E-state index in [0.717, 1.165) is 10.2 Å². The number of carbonyl (C=O) groups excluding carboxylic acids is 3. The molecule has 0 aliphatic rings. The minimum Gasteiger partial charge on any atom is -0.462 e. The standard InChI is InChI=1S/C21H20N2O5S/c1-4-27-21(26)20-13(3)22-12(2)19(20)15(24)11-28-18(25)10-9-17-23-14-7-5-6-8-16(14)29-17/h5-10,22H,4,11H2,1-3H3/b10-9+. The predicted octanol–water partition coefficient (Wildman–Crippen LogP) is 3.86. The average molecular weight is 412 g/mol. The van der Waals surface area contributed by atoms with Gasteiger partial charge in [0, 0.05) is 17.5 Å². The molecule has 7 nitrogen and oxygen atoms in total. The van der Waals surface area contributed by atoms with Gasteiger partial charge in [-0.05, 0) is 39.0 Å². The Kier molecular flexibility index (Phi) is 6.23. The summed E-state index contributed by atoms with van der Waals surface area (Å²) in [5, 5.41) is 0.663. The maximum Gasteiger partial charge on any atom is 0.340 e. The lowest BCUT2D eigenvalue weighted by molar-refractivity contribution is -0.136. The number of fused-ring (bicyclic) bond motifs is 1. The number of rotatable bonds is 7. The molecule has 8 heteroatoms. The molecule has 0 radical (unpaired) electrons. The van der Waals surface area contributed by atoms with Crippen LogP contribution in [0.1, 0.15) is 44.0 Å². The molecule has 0 aliphatic heterocycles. The number of Topliss-reactive ketones (excluding diaryl/α,β-unsaturated/α-hetero) is 1. The summed E-state index contributed by atoms with van der Waals surface area (Å²) in [5.41, 5.74) is 2.27. The topological polar surface area (TPSA) is 98.4 Å². The van der Waals surface area contributed by atoms with E-state index >= 15 is 0 Å². The summed E-state index contributed by atoms with van der Waals surface area (Å²) in [6.07, 6.45) is 2.78. The molecule has 0 aliphatic carbocycles. The van der Waals surface area contributed by atoms with Gasteiger partial charge in [-0.3, -0.25) is 4.79 Å². The van der Waals surface area contributed by atoms with E-state index in [-0.39, 0.29) is 17.7 Å². The summed E-state index contributed by atoms with van der Waals surface area (Å²) < 4.78 is 11.1. The quantitative estimate of drug-likeness (QED) is 0.359. The summed E-state index contributed by atoms with van der Waals surface area (Å²) in [7, 11) is 0. The summed E-state index contributed by atoms with van der Waals surface area (Å²) >= 11 is 1.45. The van der Waals surface area contributed by atoms with Crippen LogP contribution in [0, 0.1) is 13.8 Å². The Bertz CT molecular complexity index is 1080. The van der Waals surface area contributed by atoms with Crippen molar-refractivity contribution in [1.29, 1.82) is 0 Å². The van der Waals surface area contributed by atoms with Crippen molar-refractivity contribution in [3.8, 4) is 0 Å². The molecule has 29 heavy (non-hydrogen) atoms. The van der Waals surface area contributed by atoms with Gasteiger partial charge in [0.1, 0.15) is 5.01 Å². The number of carbonyl (C=O) groups is 3. The van der Waals surface area contributed by atoms with E-state index in [1.807, 2.05) is 24.3 Å². The van der Waals surface area contributed by atoms with Crippen LogP contribution in [0.4, 0.5) is 0 Å². The smallest absolute Gasteiger partial charge is 0.340 e. The van der Waals surface area contributed by atoms with Gasteiger partial charge in [-0.2, -0.15) is 0 Å². The zero-order chi connectivity index (χ0) is 21.0. The number of aryl methyl sites for hydroxylation is 2. The number of H-pyrrole nitrogens is 1. The Morgan fingerprint density at radius 2 is 1.83 bits per heavy atom. The van der Waals surface area contributed by atoms with E-state index in [9.17, 15) is 14.4 Å². The number of aromatic nitrogens is 2. The highest BCUT2D eigenvalue weighted by Crippen LogP contribution is 2.23.